The minimum atomic E-state index is -0.266. The monoisotopic (exact) mass is 353 g/mol. The van der Waals surface area contributed by atoms with Crippen molar-refractivity contribution in [2.75, 3.05) is 13.6 Å². The highest BCUT2D eigenvalue weighted by Crippen LogP contribution is 2.26. The van der Waals surface area contributed by atoms with Crippen molar-refractivity contribution in [3.63, 3.8) is 0 Å². The topological polar surface area (TPSA) is 41.6 Å². The van der Waals surface area contributed by atoms with E-state index in [0.29, 0.717) is 6.42 Å². The van der Waals surface area contributed by atoms with Crippen LogP contribution in [0.15, 0.2) is 89.9 Å². The normalized spacial score (nSPS) is 12.7. The molecule has 1 rings (SSSR count). The molecule has 0 unspecified atom stereocenters. The minimum Gasteiger partial charge on any atom is -0.404 e. The van der Waals surface area contributed by atoms with Crippen LogP contribution >= 0.6 is 0 Å². The summed E-state index contributed by atoms with van der Waals surface area (Å²) < 4.78 is 13.2. The lowest BCUT2D eigenvalue weighted by Gasteiger charge is -2.25. The Morgan fingerprint density at radius 1 is 1.27 bits per heavy atom. The maximum Gasteiger partial charge on any atom is 0.123 e. The van der Waals surface area contributed by atoms with Gasteiger partial charge in [0, 0.05) is 43.5 Å². The molecule has 1 aromatic carbocycles. The van der Waals surface area contributed by atoms with Gasteiger partial charge in [0.05, 0.1) is 0 Å². The number of rotatable bonds is 10. The molecule has 1 aromatic rings. The molecule has 26 heavy (non-hydrogen) atoms. The zero-order valence-corrected chi connectivity index (χ0v) is 15.7. The van der Waals surface area contributed by atoms with Crippen molar-refractivity contribution in [2.45, 2.75) is 19.8 Å². The first-order valence-electron chi connectivity index (χ1n) is 8.55. The third-order valence-corrected chi connectivity index (χ3v) is 4.00. The predicted octanol–water partition coefficient (Wildman–Crippen LogP) is 4.76. The summed E-state index contributed by atoms with van der Waals surface area (Å²) in [7, 11) is 1.98. The average molecular weight is 353 g/mol. The summed E-state index contributed by atoms with van der Waals surface area (Å²) in [6, 6.07) is 6.41. The molecule has 0 saturated carbocycles. The van der Waals surface area contributed by atoms with Crippen molar-refractivity contribution in [1.29, 1.82) is 0 Å². The third kappa shape index (κ3) is 5.88. The number of nitrogens with zero attached hydrogens (tertiary/aromatic N) is 2. The van der Waals surface area contributed by atoms with Gasteiger partial charge >= 0.3 is 0 Å². The van der Waals surface area contributed by atoms with Crippen LogP contribution in [0, 0.1) is 5.82 Å². The largest absolute Gasteiger partial charge is 0.404 e. The highest BCUT2D eigenvalue weighted by Gasteiger charge is 2.16. The van der Waals surface area contributed by atoms with Crippen molar-refractivity contribution >= 4 is 6.21 Å². The Kier molecular flexibility index (Phi) is 8.85. The van der Waals surface area contributed by atoms with Crippen LogP contribution < -0.4 is 5.73 Å². The van der Waals surface area contributed by atoms with Crippen LogP contribution in [0.3, 0.4) is 0 Å². The van der Waals surface area contributed by atoms with Gasteiger partial charge in [-0.2, -0.15) is 0 Å². The molecule has 0 bridgehead atoms. The summed E-state index contributed by atoms with van der Waals surface area (Å²) in [5, 5.41) is 0. The van der Waals surface area contributed by atoms with E-state index < -0.39 is 0 Å². The summed E-state index contributed by atoms with van der Waals surface area (Å²) in [5.74, 6) is -0.266. The SMILES string of the molecule is C=CN=C/C(C=C)=C(Cc1ccc(F)cc1)\C(=C\N)C(=C)N(C)CCC. The van der Waals surface area contributed by atoms with Crippen LogP contribution in [0.25, 0.3) is 0 Å². The van der Waals surface area contributed by atoms with Crippen LogP contribution in [0.4, 0.5) is 4.39 Å². The van der Waals surface area contributed by atoms with Gasteiger partial charge in [-0.25, -0.2) is 4.39 Å². The lowest BCUT2D eigenvalue weighted by atomic mass is 9.92. The van der Waals surface area contributed by atoms with Crippen LogP contribution in [0.1, 0.15) is 18.9 Å². The van der Waals surface area contributed by atoms with Gasteiger partial charge in [-0.1, -0.05) is 44.9 Å². The summed E-state index contributed by atoms with van der Waals surface area (Å²) in [5.41, 5.74) is 10.3. The molecule has 0 amide bonds. The Morgan fingerprint density at radius 3 is 2.42 bits per heavy atom. The number of halogens is 1. The molecule has 0 aliphatic carbocycles. The fraction of sp³-hybridized carbons (Fsp3) is 0.227. The Morgan fingerprint density at radius 2 is 1.92 bits per heavy atom. The highest BCUT2D eigenvalue weighted by atomic mass is 19.1. The molecule has 0 atom stereocenters. The quantitative estimate of drug-likeness (QED) is 0.486. The van der Waals surface area contributed by atoms with E-state index in [9.17, 15) is 4.39 Å². The molecular formula is C22H28FN3. The Balaban J connectivity index is 3.41. The Labute approximate surface area is 156 Å². The number of aliphatic imine (C=N–C) groups is 1. The van der Waals surface area contributed by atoms with Crippen LogP contribution in [-0.2, 0) is 6.42 Å². The molecule has 138 valence electrons. The van der Waals surface area contributed by atoms with E-state index in [1.165, 1.54) is 18.3 Å². The van der Waals surface area contributed by atoms with E-state index in [1.54, 1.807) is 30.6 Å². The van der Waals surface area contributed by atoms with Gasteiger partial charge in [0.2, 0.25) is 0 Å². The second-order valence-corrected chi connectivity index (χ2v) is 5.85. The molecule has 0 saturated heterocycles. The fourth-order valence-electron chi connectivity index (χ4n) is 2.59. The zero-order chi connectivity index (χ0) is 19.5. The fourth-order valence-corrected chi connectivity index (χ4v) is 2.59. The number of hydrogen-bond donors (Lipinski definition) is 1. The maximum atomic E-state index is 13.2. The van der Waals surface area contributed by atoms with Crippen molar-refractivity contribution in [3.8, 4) is 0 Å². The smallest absolute Gasteiger partial charge is 0.123 e. The number of likely N-dealkylation sites (N-methyl/N-ethyl adjacent to an activating group) is 1. The van der Waals surface area contributed by atoms with Gasteiger partial charge in [-0.05, 0) is 41.7 Å². The second kappa shape index (κ2) is 10.9. The van der Waals surface area contributed by atoms with E-state index in [4.69, 9.17) is 5.73 Å². The van der Waals surface area contributed by atoms with E-state index in [2.05, 4.69) is 36.6 Å². The first-order chi connectivity index (χ1) is 12.5. The van der Waals surface area contributed by atoms with Crippen LogP contribution in [-0.4, -0.2) is 24.7 Å². The highest BCUT2D eigenvalue weighted by molar-refractivity contribution is 5.85. The van der Waals surface area contributed by atoms with Gasteiger partial charge in [-0.3, -0.25) is 4.99 Å². The Hall–Kier alpha value is -2.88. The molecule has 2 N–H and O–H groups in total. The minimum absolute atomic E-state index is 0.266. The predicted molar refractivity (Wildman–Crippen MR) is 110 cm³/mol. The van der Waals surface area contributed by atoms with Crippen molar-refractivity contribution < 1.29 is 4.39 Å². The molecular weight excluding hydrogens is 325 g/mol. The number of nitrogens with two attached hydrogens (primary N) is 1. The van der Waals surface area contributed by atoms with E-state index >= 15 is 0 Å². The summed E-state index contributed by atoms with van der Waals surface area (Å²) in [4.78, 5) is 6.18. The molecule has 0 aromatic heterocycles. The molecule has 0 aliphatic rings. The van der Waals surface area contributed by atoms with Gasteiger partial charge < -0.3 is 10.6 Å². The van der Waals surface area contributed by atoms with Crippen LogP contribution in [0.2, 0.25) is 0 Å². The zero-order valence-electron chi connectivity index (χ0n) is 15.7. The van der Waals surface area contributed by atoms with Crippen molar-refractivity contribution in [1.82, 2.24) is 4.90 Å². The molecule has 0 aliphatic heterocycles. The molecule has 0 spiro atoms. The number of hydrogen-bond acceptors (Lipinski definition) is 3. The van der Waals surface area contributed by atoms with E-state index in [-0.39, 0.29) is 5.82 Å². The molecule has 4 heteroatoms. The average Bonchev–Trinajstić information content (AvgIpc) is 2.64. The summed E-state index contributed by atoms with van der Waals surface area (Å²) >= 11 is 0. The molecule has 0 radical (unpaired) electrons. The third-order valence-electron chi connectivity index (χ3n) is 4.00. The second-order valence-electron chi connectivity index (χ2n) is 5.85. The maximum absolute atomic E-state index is 13.2. The standard InChI is InChI=1S/C22H28FN3/c1-6-13-26(5)17(4)22(15-24)21(19(7-2)16-25-8-3)14-18-9-11-20(23)12-10-18/h7-12,15-16H,2-4,6,13-14,24H2,1,5H3/b21-19-,22-15+,25-16?. The van der Waals surface area contributed by atoms with Crippen molar-refractivity contribution in [3.05, 3.63) is 96.3 Å². The number of benzene rings is 1. The number of allylic oxidation sites excluding steroid dienone is 3. The van der Waals surface area contributed by atoms with Crippen molar-refractivity contribution in [2.24, 2.45) is 10.7 Å². The summed E-state index contributed by atoms with van der Waals surface area (Å²) in [6.45, 7) is 14.7. The molecule has 3 nitrogen and oxygen atoms in total. The van der Waals surface area contributed by atoms with E-state index in [0.717, 1.165) is 40.9 Å². The first kappa shape index (κ1) is 21.2. The van der Waals surface area contributed by atoms with Crippen LogP contribution in [0.5, 0.6) is 0 Å². The molecule has 0 fully saturated rings. The van der Waals surface area contributed by atoms with Gasteiger partial charge in [0.25, 0.3) is 0 Å². The van der Waals surface area contributed by atoms with Gasteiger partial charge in [-0.15, -0.1) is 0 Å². The first-order valence-corrected chi connectivity index (χ1v) is 8.55. The van der Waals surface area contributed by atoms with E-state index in [1.807, 2.05) is 7.05 Å². The lowest BCUT2D eigenvalue weighted by molar-refractivity contribution is 0.426. The lowest BCUT2D eigenvalue weighted by Crippen LogP contribution is -2.21. The Bertz CT molecular complexity index is 724. The van der Waals surface area contributed by atoms with Gasteiger partial charge in [0.1, 0.15) is 5.82 Å². The molecule has 0 heterocycles. The van der Waals surface area contributed by atoms with Gasteiger partial charge in [0.15, 0.2) is 0 Å². The summed E-state index contributed by atoms with van der Waals surface area (Å²) in [6.07, 6.45) is 7.98.